The van der Waals surface area contributed by atoms with Crippen LogP contribution >= 0.6 is 0 Å². The second-order valence-electron chi connectivity index (χ2n) is 8.30. The second kappa shape index (κ2) is 8.69. The van der Waals surface area contributed by atoms with Crippen molar-refractivity contribution in [1.29, 1.82) is 0 Å². The molecule has 1 heterocycles. The zero-order chi connectivity index (χ0) is 18.5. The summed E-state index contributed by atoms with van der Waals surface area (Å²) in [5, 5.41) is 7.01. The largest absolute Gasteiger partial charge is 0.379 e. The van der Waals surface area contributed by atoms with Crippen LogP contribution in [0, 0.1) is 11.3 Å². The van der Waals surface area contributed by atoms with Gasteiger partial charge in [0.05, 0.1) is 18.8 Å². The van der Waals surface area contributed by atoms with E-state index in [-0.39, 0.29) is 11.0 Å². The molecule has 6 nitrogen and oxygen atoms in total. The molecule has 1 aliphatic heterocycles. The van der Waals surface area contributed by atoms with E-state index in [4.69, 9.17) is 14.5 Å². The maximum absolute atomic E-state index is 5.73. The average Bonchev–Trinajstić information content (AvgIpc) is 2.59. The lowest BCUT2D eigenvalue weighted by molar-refractivity contribution is -0.176. The van der Waals surface area contributed by atoms with E-state index in [1.165, 1.54) is 0 Å². The van der Waals surface area contributed by atoms with E-state index in [0.717, 1.165) is 58.3 Å². The van der Waals surface area contributed by atoms with Gasteiger partial charge < -0.3 is 20.1 Å². The Labute approximate surface area is 153 Å². The maximum atomic E-state index is 5.73. The van der Waals surface area contributed by atoms with Crippen molar-refractivity contribution in [3.63, 3.8) is 0 Å². The number of guanidine groups is 1. The Hall–Kier alpha value is -0.850. The van der Waals surface area contributed by atoms with Crippen LogP contribution in [0.5, 0.6) is 0 Å². The number of ether oxygens (including phenoxy) is 2. The molecule has 25 heavy (non-hydrogen) atoms. The van der Waals surface area contributed by atoms with E-state index in [2.05, 4.69) is 50.2 Å². The topological polar surface area (TPSA) is 58.1 Å². The van der Waals surface area contributed by atoms with Crippen LogP contribution in [-0.2, 0) is 9.47 Å². The highest BCUT2D eigenvalue weighted by atomic mass is 16.5. The van der Waals surface area contributed by atoms with Crippen LogP contribution in [0.1, 0.15) is 41.0 Å². The lowest BCUT2D eigenvalue weighted by Crippen LogP contribution is -2.69. The van der Waals surface area contributed by atoms with Crippen molar-refractivity contribution in [3.05, 3.63) is 0 Å². The number of morpholine rings is 1. The molecule has 0 bridgehead atoms. The van der Waals surface area contributed by atoms with Gasteiger partial charge in [-0.3, -0.25) is 9.89 Å². The first kappa shape index (κ1) is 20.5. The predicted octanol–water partition coefficient (Wildman–Crippen LogP) is 1.71. The van der Waals surface area contributed by atoms with Gasteiger partial charge in [-0.2, -0.15) is 0 Å². The molecule has 0 amide bonds. The molecule has 1 saturated carbocycles. The molecule has 3 atom stereocenters. The van der Waals surface area contributed by atoms with Crippen molar-refractivity contribution < 1.29 is 9.47 Å². The number of hydrogen-bond acceptors (Lipinski definition) is 4. The molecule has 2 aliphatic rings. The molecule has 1 saturated heterocycles. The normalized spacial score (nSPS) is 31.3. The fraction of sp³-hybridized carbons (Fsp3) is 0.947. The lowest BCUT2D eigenvalue weighted by Gasteiger charge is -2.59. The highest BCUT2D eigenvalue weighted by molar-refractivity contribution is 5.80. The molecule has 0 aromatic heterocycles. The standard InChI is InChI=1S/C19H38N4O2/c1-7-20-17(22-16-12-19(5,24-6)18(16,3)4)21-13-15(2)14-23-8-10-25-11-9-23/h15-16H,7-14H2,1-6H3,(H2,20,21,22). The summed E-state index contributed by atoms with van der Waals surface area (Å²) < 4.78 is 11.1. The highest BCUT2D eigenvalue weighted by Gasteiger charge is 2.58. The first-order valence-electron chi connectivity index (χ1n) is 9.72. The SMILES string of the molecule is CCNC(=NCC(C)CN1CCOCC1)NC1CC(C)(OC)C1(C)C. The molecule has 2 N–H and O–H groups in total. The summed E-state index contributed by atoms with van der Waals surface area (Å²) in [6.07, 6.45) is 1.00. The smallest absolute Gasteiger partial charge is 0.191 e. The third-order valence-corrected chi connectivity index (χ3v) is 6.17. The summed E-state index contributed by atoms with van der Waals surface area (Å²) in [6.45, 7) is 17.7. The number of hydrogen-bond donors (Lipinski definition) is 2. The van der Waals surface area contributed by atoms with E-state index in [0.29, 0.717) is 12.0 Å². The first-order chi connectivity index (χ1) is 11.8. The molecular formula is C19H38N4O2. The zero-order valence-corrected chi connectivity index (χ0v) is 17.0. The summed E-state index contributed by atoms with van der Waals surface area (Å²) in [4.78, 5) is 7.31. The molecule has 0 aromatic rings. The molecule has 1 aliphatic carbocycles. The molecular weight excluding hydrogens is 316 g/mol. The van der Waals surface area contributed by atoms with E-state index in [1.54, 1.807) is 0 Å². The Morgan fingerprint density at radius 2 is 2.00 bits per heavy atom. The van der Waals surface area contributed by atoms with Crippen molar-refractivity contribution in [2.45, 2.75) is 52.7 Å². The lowest BCUT2D eigenvalue weighted by atomic mass is 9.56. The molecule has 2 rings (SSSR count). The Balaban J connectivity index is 1.86. The van der Waals surface area contributed by atoms with Gasteiger partial charge in [-0.05, 0) is 26.2 Å². The summed E-state index contributed by atoms with van der Waals surface area (Å²) in [6, 6.07) is 0.379. The van der Waals surface area contributed by atoms with Crippen LogP contribution in [-0.4, -0.2) is 75.5 Å². The first-order valence-corrected chi connectivity index (χ1v) is 9.72. The van der Waals surface area contributed by atoms with Gasteiger partial charge in [0.15, 0.2) is 5.96 Å². The number of aliphatic imine (C=N–C) groups is 1. The monoisotopic (exact) mass is 354 g/mol. The number of nitrogens with one attached hydrogen (secondary N) is 2. The van der Waals surface area contributed by atoms with Crippen molar-refractivity contribution in [1.82, 2.24) is 15.5 Å². The average molecular weight is 355 g/mol. The van der Waals surface area contributed by atoms with E-state index in [1.807, 2.05) is 7.11 Å². The van der Waals surface area contributed by atoms with E-state index in [9.17, 15) is 0 Å². The van der Waals surface area contributed by atoms with Gasteiger partial charge in [0, 0.05) is 51.3 Å². The summed E-state index contributed by atoms with van der Waals surface area (Å²) in [7, 11) is 1.81. The Morgan fingerprint density at radius 1 is 1.32 bits per heavy atom. The summed E-state index contributed by atoms with van der Waals surface area (Å²) >= 11 is 0. The fourth-order valence-electron chi connectivity index (χ4n) is 3.74. The van der Waals surface area contributed by atoms with Crippen molar-refractivity contribution in [2.24, 2.45) is 16.3 Å². The van der Waals surface area contributed by atoms with Crippen LogP contribution in [0.3, 0.4) is 0 Å². The van der Waals surface area contributed by atoms with Crippen molar-refractivity contribution in [3.8, 4) is 0 Å². The van der Waals surface area contributed by atoms with Crippen molar-refractivity contribution >= 4 is 5.96 Å². The van der Waals surface area contributed by atoms with Gasteiger partial charge in [-0.1, -0.05) is 20.8 Å². The van der Waals surface area contributed by atoms with Crippen LogP contribution in [0.15, 0.2) is 4.99 Å². The maximum Gasteiger partial charge on any atom is 0.191 e. The van der Waals surface area contributed by atoms with Crippen LogP contribution < -0.4 is 10.6 Å². The minimum absolute atomic E-state index is 0.0639. The molecule has 3 unspecified atom stereocenters. The summed E-state index contributed by atoms with van der Waals surface area (Å²) in [5.74, 6) is 1.46. The van der Waals surface area contributed by atoms with Crippen LogP contribution in [0.25, 0.3) is 0 Å². The Kier molecular flexibility index (Phi) is 7.11. The van der Waals surface area contributed by atoms with Crippen LogP contribution in [0.4, 0.5) is 0 Å². The molecule has 2 fully saturated rings. The van der Waals surface area contributed by atoms with Gasteiger partial charge in [-0.25, -0.2) is 0 Å². The molecule has 0 radical (unpaired) electrons. The Bertz CT molecular complexity index is 449. The second-order valence-corrected chi connectivity index (χ2v) is 8.30. The predicted molar refractivity (Wildman–Crippen MR) is 103 cm³/mol. The number of nitrogens with zero attached hydrogens (tertiary/aromatic N) is 2. The molecule has 6 heteroatoms. The zero-order valence-electron chi connectivity index (χ0n) is 17.0. The van der Waals surface area contributed by atoms with E-state index < -0.39 is 0 Å². The number of rotatable bonds is 7. The molecule has 0 spiro atoms. The third-order valence-electron chi connectivity index (χ3n) is 6.17. The minimum atomic E-state index is -0.0639. The third kappa shape index (κ3) is 4.86. The summed E-state index contributed by atoms with van der Waals surface area (Å²) in [5.41, 5.74) is 0.0168. The van der Waals surface area contributed by atoms with Gasteiger partial charge in [-0.15, -0.1) is 0 Å². The Morgan fingerprint density at radius 3 is 2.56 bits per heavy atom. The minimum Gasteiger partial charge on any atom is -0.379 e. The quantitative estimate of drug-likeness (QED) is 0.538. The fourth-order valence-corrected chi connectivity index (χ4v) is 3.74. The van der Waals surface area contributed by atoms with Gasteiger partial charge in [0.1, 0.15) is 0 Å². The van der Waals surface area contributed by atoms with Crippen LogP contribution in [0.2, 0.25) is 0 Å². The van der Waals surface area contributed by atoms with Crippen molar-refractivity contribution in [2.75, 3.05) is 53.0 Å². The number of methoxy groups -OCH3 is 1. The van der Waals surface area contributed by atoms with Gasteiger partial charge in [0.2, 0.25) is 0 Å². The molecule has 146 valence electrons. The van der Waals surface area contributed by atoms with E-state index >= 15 is 0 Å². The highest BCUT2D eigenvalue weighted by Crippen LogP contribution is 2.51. The van der Waals surface area contributed by atoms with Gasteiger partial charge in [0.25, 0.3) is 0 Å². The molecule has 0 aromatic carbocycles. The van der Waals surface area contributed by atoms with Gasteiger partial charge >= 0.3 is 0 Å².